The molecule has 0 amide bonds. The van der Waals surface area contributed by atoms with Crippen molar-refractivity contribution in [3.63, 3.8) is 0 Å². The topological polar surface area (TPSA) is 74.9 Å². The fourth-order valence-corrected chi connectivity index (χ4v) is 3.95. The number of aromatic nitrogens is 1. The Morgan fingerprint density at radius 2 is 1.79 bits per heavy atom. The molecule has 1 aromatic carbocycles. The predicted octanol–water partition coefficient (Wildman–Crippen LogP) is 2.82. The van der Waals surface area contributed by atoms with E-state index in [4.69, 9.17) is 9.47 Å². The molecule has 1 aliphatic rings. The van der Waals surface area contributed by atoms with Crippen molar-refractivity contribution in [2.45, 2.75) is 26.8 Å². The van der Waals surface area contributed by atoms with Gasteiger partial charge in [0.2, 0.25) is 0 Å². The molecule has 156 valence electrons. The van der Waals surface area contributed by atoms with E-state index in [-0.39, 0.29) is 11.8 Å². The fraction of sp³-hybridized carbons (Fsp3) is 0.455. The Hall–Kier alpha value is -2.80. The van der Waals surface area contributed by atoms with Gasteiger partial charge in [0, 0.05) is 43.6 Å². The number of Topliss-reactive ketones (excluding diaryl/α,β-unsaturated/α-hetero) is 1. The lowest BCUT2D eigenvalue weighted by atomic mass is 10.0. The van der Waals surface area contributed by atoms with Crippen LogP contribution in [-0.4, -0.2) is 68.1 Å². The van der Waals surface area contributed by atoms with Gasteiger partial charge in [-0.25, -0.2) is 4.79 Å². The van der Waals surface area contributed by atoms with Crippen LogP contribution in [0.15, 0.2) is 24.3 Å². The van der Waals surface area contributed by atoms with Gasteiger partial charge < -0.3 is 19.4 Å². The van der Waals surface area contributed by atoms with Crippen molar-refractivity contribution < 1.29 is 19.1 Å². The van der Waals surface area contributed by atoms with Crippen LogP contribution in [0.1, 0.15) is 39.0 Å². The molecule has 0 saturated carbocycles. The summed E-state index contributed by atoms with van der Waals surface area (Å²) in [5, 5.41) is 0. The van der Waals surface area contributed by atoms with E-state index in [0.717, 1.165) is 37.6 Å². The number of nitrogens with one attached hydrogen (secondary N) is 1. The zero-order chi connectivity index (χ0) is 21.1. The highest BCUT2D eigenvalue weighted by Crippen LogP contribution is 2.24. The highest BCUT2D eigenvalue weighted by Gasteiger charge is 2.30. The van der Waals surface area contributed by atoms with Crippen molar-refractivity contribution in [3.8, 4) is 5.75 Å². The first-order valence-electron chi connectivity index (χ1n) is 9.82. The van der Waals surface area contributed by atoms with Crippen molar-refractivity contribution >= 4 is 17.4 Å². The number of methoxy groups -OCH3 is 2. The van der Waals surface area contributed by atoms with Crippen LogP contribution < -0.4 is 9.64 Å². The third-order valence-electron chi connectivity index (χ3n) is 5.73. The molecular formula is C22H29N3O4. The van der Waals surface area contributed by atoms with Crippen molar-refractivity contribution in [1.29, 1.82) is 0 Å². The van der Waals surface area contributed by atoms with Gasteiger partial charge in [0.25, 0.3) is 0 Å². The molecule has 1 N–H and O–H groups in total. The van der Waals surface area contributed by atoms with Crippen LogP contribution in [0.25, 0.3) is 0 Å². The minimum absolute atomic E-state index is 0.00409. The average Bonchev–Trinajstić information content (AvgIpc) is 3.06. The molecule has 0 spiro atoms. The van der Waals surface area contributed by atoms with E-state index in [1.165, 1.54) is 7.11 Å². The highest BCUT2D eigenvalue weighted by atomic mass is 16.5. The standard InChI is InChI=1S/C22H29N3O4/c1-14-19(22(27)29-5)15(2)23-20(14)21(26)16(3)24-9-11-25(12-10-24)17-7-6-8-18(13-17)28-4/h6-8,13,16,23H,9-12H2,1-5H3/t16-/m1/s1. The number of esters is 1. The monoisotopic (exact) mass is 399 g/mol. The van der Waals surface area contributed by atoms with Gasteiger partial charge in [0.05, 0.1) is 31.5 Å². The van der Waals surface area contributed by atoms with Crippen molar-refractivity contribution in [2.75, 3.05) is 45.3 Å². The number of piperazine rings is 1. The third kappa shape index (κ3) is 4.15. The molecule has 3 rings (SSSR count). The number of nitrogens with zero attached hydrogens (tertiary/aromatic N) is 2. The molecule has 7 heteroatoms. The van der Waals surface area contributed by atoms with Gasteiger partial charge in [0.1, 0.15) is 5.75 Å². The predicted molar refractivity (Wildman–Crippen MR) is 112 cm³/mol. The summed E-state index contributed by atoms with van der Waals surface area (Å²) in [5.41, 5.74) is 3.38. The molecule has 1 saturated heterocycles. The zero-order valence-corrected chi connectivity index (χ0v) is 17.7. The first-order valence-corrected chi connectivity index (χ1v) is 9.82. The third-order valence-corrected chi connectivity index (χ3v) is 5.73. The summed E-state index contributed by atoms with van der Waals surface area (Å²) >= 11 is 0. The number of aromatic amines is 1. The zero-order valence-electron chi connectivity index (χ0n) is 17.7. The number of carbonyl (C=O) groups excluding carboxylic acids is 2. The minimum Gasteiger partial charge on any atom is -0.497 e. The van der Waals surface area contributed by atoms with Gasteiger partial charge in [-0.3, -0.25) is 9.69 Å². The van der Waals surface area contributed by atoms with Crippen LogP contribution in [0.4, 0.5) is 5.69 Å². The van der Waals surface area contributed by atoms with Crippen LogP contribution >= 0.6 is 0 Å². The van der Waals surface area contributed by atoms with Crippen molar-refractivity contribution in [3.05, 3.63) is 46.8 Å². The summed E-state index contributed by atoms with van der Waals surface area (Å²) in [5.74, 6) is 0.415. The Bertz CT molecular complexity index is 897. The van der Waals surface area contributed by atoms with Crippen LogP contribution in [0.3, 0.4) is 0 Å². The van der Waals surface area contributed by atoms with Crippen LogP contribution in [0, 0.1) is 13.8 Å². The minimum atomic E-state index is -0.421. The van der Waals surface area contributed by atoms with Gasteiger partial charge >= 0.3 is 5.97 Å². The molecule has 0 unspecified atom stereocenters. The Morgan fingerprint density at radius 1 is 1.10 bits per heavy atom. The second kappa shape index (κ2) is 8.69. The van der Waals surface area contributed by atoms with E-state index in [0.29, 0.717) is 22.5 Å². The van der Waals surface area contributed by atoms with Crippen molar-refractivity contribution in [2.24, 2.45) is 0 Å². The van der Waals surface area contributed by atoms with E-state index in [2.05, 4.69) is 20.9 Å². The largest absolute Gasteiger partial charge is 0.497 e. The maximum atomic E-state index is 13.1. The molecule has 7 nitrogen and oxygen atoms in total. The Labute approximate surface area is 171 Å². The molecule has 1 atom stereocenters. The van der Waals surface area contributed by atoms with E-state index < -0.39 is 5.97 Å². The summed E-state index contributed by atoms with van der Waals surface area (Å²) in [4.78, 5) is 32.7. The first-order chi connectivity index (χ1) is 13.9. The van der Waals surface area contributed by atoms with Gasteiger partial charge in [-0.15, -0.1) is 0 Å². The number of hydrogen-bond acceptors (Lipinski definition) is 6. The first kappa shape index (κ1) is 20.9. The molecule has 1 aromatic heterocycles. The van der Waals surface area contributed by atoms with Gasteiger partial charge in [0.15, 0.2) is 5.78 Å². The van der Waals surface area contributed by atoms with E-state index in [9.17, 15) is 9.59 Å². The van der Waals surface area contributed by atoms with Gasteiger partial charge in [-0.05, 0) is 38.5 Å². The van der Waals surface area contributed by atoms with Crippen LogP contribution in [-0.2, 0) is 4.74 Å². The Morgan fingerprint density at radius 3 is 2.41 bits per heavy atom. The van der Waals surface area contributed by atoms with Crippen LogP contribution in [0.5, 0.6) is 5.75 Å². The number of rotatable bonds is 6. The maximum Gasteiger partial charge on any atom is 0.339 e. The lowest BCUT2D eigenvalue weighted by Gasteiger charge is -2.38. The molecule has 29 heavy (non-hydrogen) atoms. The van der Waals surface area contributed by atoms with E-state index in [1.807, 2.05) is 25.1 Å². The molecule has 2 aromatic rings. The number of aryl methyl sites for hydroxylation is 1. The molecule has 1 fully saturated rings. The smallest absolute Gasteiger partial charge is 0.339 e. The van der Waals surface area contributed by atoms with Crippen molar-refractivity contribution in [1.82, 2.24) is 9.88 Å². The molecule has 0 bridgehead atoms. The normalized spacial score (nSPS) is 15.8. The average molecular weight is 399 g/mol. The lowest BCUT2D eigenvalue weighted by molar-refractivity contribution is 0.0599. The number of benzene rings is 1. The molecular weight excluding hydrogens is 370 g/mol. The Balaban J connectivity index is 1.68. The summed E-state index contributed by atoms with van der Waals surface area (Å²) in [6.07, 6.45) is 0. The maximum absolute atomic E-state index is 13.1. The number of ether oxygens (including phenoxy) is 2. The SMILES string of the molecule is COC(=O)c1c(C)[nH]c(C(=O)[C@@H](C)N2CCN(c3cccc(OC)c3)CC2)c1C. The van der Waals surface area contributed by atoms with E-state index >= 15 is 0 Å². The summed E-state index contributed by atoms with van der Waals surface area (Å²) in [6, 6.07) is 7.76. The summed E-state index contributed by atoms with van der Waals surface area (Å²) in [6.45, 7) is 8.74. The Kier molecular flexibility index (Phi) is 6.27. The molecule has 1 aliphatic heterocycles. The number of ketones is 1. The quantitative estimate of drug-likeness (QED) is 0.595. The summed E-state index contributed by atoms with van der Waals surface area (Å²) in [7, 11) is 3.01. The van der Waals surface area contributed by atoms with Gasteiger partial charge in [-0.1, -0.05) is 6.07 Å². The molecule has 0 aliphatic carbocycles. The number of H-pyrrole nitrogens is 1. The molecule has 0 radical (unpaired) electrons. The number of hydrogen-bond donors (Lipinski definition) is 1. The number of carbonyl (C=O) groups is 2. The highest BCUT2D eigenvalue weighted by molar-refractivity contribution is 6.03. The second-order valence-electron chi connectivity index (χ2n) is 7.38. The van der Waals surface area contributed by atoms with Gasteiger partial charge in [-0.2, -0.15) is 0 Å². The fourth-order valence-electron chi connectivity index (χ4n) is 3.95. The van der Waals surface area contributed by atoms with Crippen LogP contribution in [0.2, 0.25) is 0 Å². The summed E-state index contributed by atoms with van der Waals surface area (Å²) < 4.78 is 10.2. The molecule has 2 heterocycles. The van der Waals surface area contributed by atoms with E-state index in [1.54, 1.807) is 21.0 Å². The lowest BCUT2D eigenvalue weighted by Crippen LogP contribution is -2.51. The number of anilines is 1. The second-order valence-corrected chi connectivity index (χ2v) is 7.38.